The van der Waals surface area contributed by atoms with Gasteiger partial charge in [0.25, 0.3) is 0 Å². The number of nitrogens with two attached hydrogens (primary N) is 1. The van der Waals surface area contributed by atoms with Gasteiger partial charge in [-0.25, -0.2) is 4.98 Å². The molecule has 5 rings (SSSR count). The summed E-state index contributed by atoms with van der Waals surface area (Å²) >= 11 is 1.69. The number of benzene rings is 1. The summed E-state index contributed by atoms with van der Waals surface area (Å²) < 4.78 is 7.88. The molecule has 0 atom stereocenters. The summed E-state index contributed by atoms with van der Waals surface area (Å²) in [6.45, 7) is 3.31. The van der Waals surface area contributed by atoms with Crippen molar-refractivity contribution in [3.63, 3.8) is 0 Å². The van der Waals surface area contributed by atoms with Gasteiger partial charge in [-0.3, -0.25) is 9.36 Å². The highest BCUT2D eigenvalue weighted by molar-refractivity contribution is 7.09. The molecule has 0 fully saturated rings. The molecular weight excluding hydrogens is 398 g/mol. The number of hydrogen-bond donors (Lipinski definition) is 2. The number of primary amides is 1. The van der Waals surface area contributed by atoms with E-state index >= 15 is 0 Å². The fraction of sp³-hybridized carbons (Fsp3) is 0.227. The van der Waals surface area contributed by atoms with Crippen LogP contribution >= 0.6 is 11.3 Å². The van der Waals surface area contributed by atoms with Crippen molar-refractivity contribution in [2.45, 2.75) is 26.3 Å². The Morgan fingerprint density at radius 1 is 1.30 bits per heavy atom. The molecule has 8 heteroatoms. The number of aryl methyl sites for hydroxylation is 2. The van der Waals surface area contributed by atoms with E-state index in [2.05, 4.69) is 16.8 Å². The van der Waals surface area contributed by atoms with Crippen LogP contribution in [0.4, 0.5) is 5.82 Å². The Bertz CT molecular complexity index is 1250. The maximum atomic E-state index is 11.9. The molecular formula is C22H21N5O2S. The predicted molar refractivity (Wildman–Crippen MR) is 118 cm³/mol. The van der Waals surface area contributed by atoms with E-state index in [9.17, 15) is 4.79 Å². The zero-order chi connectivity index (χ0) is 20.7. The van der Waals surface area contributed by atoms with Crippen molar-refractivity contribution in [1.82, 2.24) is 14.5 Å². The number of fused-ring (bicyclic) bond motifs is 2. The zero-order valence-corrected chi connectivity index (χ0v) is 17.3. The van der Waals surface area contributed by atoms with Crippen molar-refractivity contribution >= 4 is 34.0 Å². The molecule has 1 amide bonds. The van der Waals surface area contributed by atoms with Gasteiger partial charge in [-0.1, -0.05) is 12.1 Å². The second kappa shape index (κ2) is 7.46. The third-order valence-electron chi connectivity index (χ3n) is 5.23. The summed E-state index contributed by atoms with van der Waals surface area (Å²) in [5, 5.41) is 6.28. The highest BCUT2D eigenvalue weighted by Crippen LogP contribution is 2.33. The van der Waals surface area contributed by atoms with Crippen LogP contribution in [0.5, 0.6) is 5.75 Å². The standard InChI is InChI=1S/C22H21N5O2S/c1-13-11-16-15(20(23)28)6-2-8-18(16)27(13)22-25-17-7-3-9-29-19(17)21(26-22)24-12-14-5-4-10-30-14/h2,4-6,8,10-11H,3,7,9,12H2,1H3,(H2,23,28)(H,24,25,26). The fourth-order valence-corrected chi connectivity index (χ4v) is 4.51. The van der Waals surface area contributed by atoms with Crippen LogP contribution in [0.15, 0.2) is 41.8 Å². The molecule has 1 aromatic carbocycles. The molecule has 152 valence electrons. The molecule has 3 N–H and O–H groups in total. The molecule has 1 aliphatic heterocycles. The van der Waals surface area contributed by atoms with E-state index in [1.54, 1.807) is 17.4 Å². The Hall–Kier alpha value is -3.39. The first kappa shape index (κ1) is 18.6. The number of nitrogens with zero attached hydrogens (tertiary/aromatic N) is 3. The number of thiophene rings is 1. The molecule has 7 nitrogen and oxygen atoms in total. The van der Waals surface area contributed by atoms with Crippen molar-refractivity contribution in [3.8, 4) is 11.7 Å². The molecule has 4 heterocycles. The normalized spacial score (nSPS) is 13.1. The molecule has 3 aromatic heterocycles. The largest absolute Gasteiger partial charge is 0.488 e. The molecule has 0 bridgehead atoms. The van der Waals surface area contributed by atoms with Crippen LogP contribution in [-0.2, 0) is 13.0 Å². The molecule has 0 unspecified atom stereocenters. The van der Waals surface area contributed by atoms with E-state index in [1.165, 1.54) is 4.88 Å². The third kappa shape index (κ3) is 3.19. The summed E-state index contributed by atoms with van der Waals surface area (Å²) in [4.78, 5) is 22.7. The predicted octanol–water partition coefficient (Wildman–Crippen LogP) is 3.83. The van der Waals surface area contributed by atoms with Gasteiger partial charge in [0.05, 0.1) is 24.4 Å². The number of ether oxygens (including phenoxy) is 1. The maximum absolute atomic E-state index is 11.9. The summed E-state index contributed by atoms with van der Waals surface area (Å²) in [5.74, 6) is 1.53. The second-order valence-corrected chi connectivity index (χ2v) is 8.29. The molecule has 0 aliphatic carbocycles. The third-order valence-corrected chi connectivity index (χ3v) is 6.11. The lowest BCUT2D eigenvalue weighted by Crippen LogP contribution is -2.17. The van der Waals surface area contributed by atoms with Gasteiger partial charge in [-0.05, 0) is 49.4 Å². The summed E-state index contributed by atoms with van der Waals surface area (Å²) in [5.41, 5.74) is 8.74. The van der Waals surface area contributed by atoms with E-state index in [4.69, 9.17) is 20.4 Å². The lowest BCUT2D eigenvalue weighted by atomic mass is 10.1. The number of nitrogens with one attached hydrogen (secondary N) is 1. The van der Waals surface area contributed by atoms with Crippen LogP contribution in [0, 0.1) is 6.92 Å². The number of aromatic nitrogens is 3. The number of anilines is 1. The number of hydrogen-bond acceptors (Lipinski definition) is 6. The summed E-state index contributed by atoms with van der Waals surface area (Å²) in [6.07, 6.45) is 1.76. The Morgan fingerprint density at radius 2 is 2.20 bits per heavy atom. The maximum Gasteiger partial charge on any atom is 0.249 e. The monoisotopic (exact) mass is 419 g/mol. The average molecular weight is 420 g/mol. The minimum Gasteiger partial charge on any atom is -0.488 e. The van der Waals surface area contributed by atoms with Crippen molar-refractivity contribution < 1.29 is 9.53 Å². The minimum atomic E-state index is -0.448. The molecule has 1 aliphatic rings. The summed E-state index contributed by atoms with van der Waals surface area (Å²) in [7, 11) is 0. The highest BCUT2D eigenvalue weighted by Gasteiger charge is 2.22. The molecule has 0 spiro atoms. The van der Waals surface area contributed by atoms with Crippen LogP contribution in [0.25, 0.3) is 16.9 Å². The van der Waals surface area contributed by atoms with Crippen LogP contribution in [0.2, 0.25) is 0 Å². The quantitative estimate of drug-likeness (QED) is 0.513. The van der Waals surface area contributed by atoms with Crippen LogP contribution in [0.3, 0.4) is 0 Å². The lowest BCUT2D eigenvalue weighted by molar-refractivity contribution is 0.100. The second-order valence-electron chi connectivity index (χ2n) is 7.26. The zero-order valence-electron chi connectivity index (χ0n) is 16.5. The van der Waals surface area contributed by atoms with E-state index in [0.29, 0.717) is 30.5 Å². The van der Waals surface area contributed by atoms with Gasteiger partial charge in [0.2, 0.25) is 11.9 Å². The van der Waals surface area contributed by atoms with Gasteiger partial charge >= 0.3 is 0 Å². The van der Waals surface area contributed by atoms with Gasteiger partial charge in [-0.15, -0.1) is 11.3 Å². The van der Waals surface area contributed by atoms with Crippen LogP contribution in [0.1, 0.15) is 33.0 Å². The number of amides is 1. The van der Waals surface area contributed by atoms with Crippen molar-refractivity contribution in [3.05, 3.63) is 63.6 Å². The van der Waals surface area contributed by atoms with Gasteiger partial charge in [0, 0.05) is 21.5 Å². The number of carbonyl (C=O) groups is 1. The van der Waals surface area contributed by atoms with E-state index in [-0.39, 0.29) is 0 Å². The minimum absolute atomic E-state index is 0.448. The average Bonchev–Trinajstić information content (AvgIpc) is 3.38. The molecule has 0 radical (unpaired) electrons. The smallest absolute Gasteiger partial charge is 0.249 e. The topological polar surface area (TPSA) is 95.1 Å². The van der Waals surface area contributed by atoms with Gasteiger partial charge < -0.3 is 15.8 Å². The molecule has 0 saturated carbocycles. The van der Waals surface area contributed by atoms with Crippen molar-refractivity contribution in [2.24, 2.45) is 5.73 Å². The van der Waals surface area contributed by atoms with Gasteiger partial charge in [-0.2, -0.15) is 4.98 Å². The molecule has 30 heavy (non-hydrogen) atoms. The first-order valence-electron chi connectivity index (χ1n) is 9.83. The van der Waals surface area contributed by atoms with E-state index < -0.39 is 5.91 Å². The lowest BCUT2D eigenvalue weighted by Gasteiger charge is -2.21. The SMILES string of the molecule is Cc1cc2c(C(N)=O)cccc2n1-c1nc2c(c(NCc3cccs3)n1)OCCC2. The van der Waals surface area contributed by atoms with Crippen molar-refractivity contribution in [1.29, 1.82) is 0 Å². The summed E-state index contributed by atoms with van der Waals surface area (Å²) in [6, 6.07) is 11.6. The first-order chi connectivity index (χ1) is 14.6. The molecule has 0 saturated heterocycles. The van der Waals surface area contributed by atoms with Crippen LogP contribution in [-0.4, -0.2) is 27.0 Å². The highest BCUT2D eigenvalue weighted by atomic mass is 32.1. The number of rotatable bonds is 5. The molecule has 4 aromatic rings. The Balaban J connectivity index is 1.64. The van der Waals surface area contributed by atoms with Crippen LogP contribution < -0.4 is 15.8 Å². The van der Waals surface area contributed by atoms with Gasteiger partial charge in [0.1, 0.15) is 0 Å². The Labute approximate surface area is 177 Å². The fourth-order valence-electron chi connectivity index (χ4n) is 3.87. The Kier molecular flexibility index (Phi) is 4.63. The van der Waals surface area contributed by atoms with E-state index in [0.717, 1.165) is 40.9 Å². The first-order valence-corrected chi connectivity index (χ1v) is 10.7. The number of carbonyl (C=O) groups excluding carboxylic acids is 1. The van der Waals surface area contributed by atoms with Gasteiger partial charge in [0.15, 0.2) is 11.6 Å². The van der Waals surface area contributed by atoms with Crippen molar-refractivity contribution in [2.75, 3.05) is 11.9 Å². The van der Waals surface area contributed by atoms with E-state index in [1.807, 2.05) is 35.8 Å². The Morgan fingerprint density at radius 3 is 3.00 bits per heavy atom.